The summed E-state index contributed by atoms with van der Waals surface area (Å²) < 4.78 is 14.7. The first-order valence-electron chi connectivity index (χ1n) is 3.27. The molecule has 0 radical (unpaired) electrons. The summed E-state index contributed by atoms with van der Waals surface area (Å²) in [6.07, 6.45) is -0.0271. The lowest BCUT2D eigenvalue weighted by atomic mass is 10.2. The van der Waals surface area contributed by atoms with Gasteiger partial charge in [-0.3, -0.25) is 9.36 Å². The van der Waals surface area contributed by atoms with Crippen LogP contribution in [0.1, 0.15) is 6.42 Å². The quantitative estimate of drug-likeness (QED) is 0.329. The largest absolute Gasteiger partial charge is 0.480 e. The second-order valence-corrected chi connectivity index (χ2v) is 5.19. The summed E-state index contributed by atoms with van der Waals surface area (Å²) in [5.74, 6) is -1.16. The molecule has 72 valence electrons. The number of aliphatic carboxylic acids is 1. The van der Waals surface area contributed by atoms with E-state index in [1.807, 2.05) is 0 Å². The average molecular weight is 197 g/mol. The molecule has 4 N–H and O–H groups in total. The molecule has 7 heteroatoms. The molecule has 0 aliphatic carbocycles. The molecule has 0 saturated carbocycles. The Hall–Kier alpha value is -0.420. The fraction of sp³-hybridized carbons (Fsp3) is 0.800. The third kappa shape index (κ3) is 4.46. The molecule has 2 atom stereocenters. The molecule has 0 aromatic heterocycles. The highest BCUT2D eigenvalue weighted by atomic mass is 31.2. The number of hydrogen-bond acceptors (Lipinski definition) is 5. The number of carbonyl (C=O) groups is 1. The third-order valence-electron chi connectivity index (χ3n) is 1.34. The average Bonchev–Trinajstić information content (AvgIpc) is 2.00. The van der Waals surface area contributed by atoms with Crippen molar-refractivity contribution in [3.8, 4) is 0 Å². The lowest BCUT2D eigenvalue weighted by Crippen LogP contribution is -2.30. The van der Waals surface area contributed by atoms with E-state index in [1.54, 1.807) is 0 Å². The van der Waals surface area contributed by atoms with Gasteiger partial charge in [-0.2, -0.15) is 4.67 Å². The van der Waals surface area contributed by atoms with Crippen LogP contribution in [-0.2, 0) is 14.0 Å². The van der Waals surface area contributed by atoms with Crippen molar-refractivity contribution in [2.24, 2.45) is 5.73 Å². The van der Waals surface area contributed by atoms with Crippen LogP contribution in [0, 0.1) is 0 Å². The van der Waals surface area contributed by atoms with E-state index in [0.29, 0.717) is 0 Å². The number of carboxylic acid groups (broad SMARTS) is 1. The van der Waals surface area contributed by atoms with Gasteiger partial charge in [-0.15, -0.1) is 0 Å². The summed E-state index contributed by atoms with van der Waals surface area (Å²) in [6.45, 7) is 1.21. The monoisotopic (exact) mass is 197 g/mol. The molecule has 0 bridgehead atoms. The molecule has 0 aliphatic heterocycles. The Balaban J connectivity index is 3.83. The van der Waals surface area contributed by atoms with E-state index in [-0.39, 0.29) is 12.6 Å². The van der Waals surface area contributed by atoms with Gasteiger partial charge in [-0.1, -0.05) is 0 Å². The summed E-state index contributed by atoms with van der Waals surface area (Å²) in [7, 11) is -3.05. The van der Waals surface area contributed by atoms with E-state index in [1.165, 1.54) is 6.66 Å². The van der Waals surface area contributed by atoms with Crippen molar-refractivity contribution in [3.05, 3.63) is 0 Å². The number of hydrogen-bond donors (Lipinski definition) is 3. The molecule has 0 spiro atoms. The van der Waals surface area contributed by atoms with E-state index < -0.39 is 19.4 Å². The second kappa shape index (κ2) is 4.57. The van der Waals surface area contributed by atoms with Gasteiger partial charge in [0.1, 0.15) is 6.04 Å². The predicted octanol–water partition coefficient (Wildman–Crippen LogP) is 0.186. The highest BCUT2D eigenvalue weighted by molar-refractivity contribution is 7.57. The molecular formula is C5H12NO5P. The van der Waals surface area contributed by atoms with Gasteiger partial charge >= 0.3 is 5.97 Å². The highest BCUT2D eigenvalue weighted by Gasteiger charge is 2.20. The van der Waals surface area contributed by atoms with Gasteiger partial charge in [0, 0.05) is 12.8 Å². The highest BCUT2D eigenvalue weighted by Crippen LogP contribution is 2.41. The summed E-state index contributed by atoms with van der Waals surface area (Å²) in [5, 5.41) is 16.4. The van der Waals surface area contributed by atoms with Crippen molar-refractivity contribution in [2.75, 3.05) is 12.8 Å². The minimum atomic E-state index is -3.05. The van der Waals surface area contributed by atoms with Crippen LogP contribution in [0.2, 0.25) is 0 Å². The fourth-order valence-corrected chi connectivity index (χ4v) is 1.37. The van der Waals surface area contributed by atoms with Gasteiger partial charge in [0.15, 0.2) is 0 Å². The van der Waals surface area contributed by atoms with Crippen molar-refractivity contribution in [1.29, 1.82) is 0 Å². The maximum atomic E-state index is 11.0. The van der Waals surface area contributed by atoms with Crippen LogP contribution in [0.15, 0.2) is 0 Å². The molecule has 12 heavy (non-hydrogen) atoms. The maximum Gasteiger partial charge on any atom is 0.320 e. The predicted molar refractivity (Wildman–Crippen MR) is 42.3 cm³/mol. The topological polar surface area (TPSA) is 110 Å². The Bertz CT molecular complexity index is 206. The Labute approximate surface area is 69.7 Å². The maximum absolute atomic E-state index is 11.0. The zero-order valence-corrected chi connectivity index (χ0v) is 7.53. The van der Waals surface area contributed by atoms with Gasteiger partial charge in [-0.25, -0.2) is 5.26 Å². The Kier molecular flexibility index (Phi) is 4.41. The number of rotatable bonds is 5. The summed E-state index contributed by atoms with van der Waals surface area (Å²) in [5.41, 5.74) is 5.12. The van der Waals surface area contributed by atoms with E-state index in [4.69, 9.17) is 16.1 Å². The van der Waals surface area contributed by atoms with Crippen LogP contribution >= 0.6 is 7.37 Å². The van der Waals surface area contributed by atoms with Crippen molar-refractivity contribution >= 4 is 13.3 Å². The Morgan fingerprint density at radius 1 is 1.75 bits per heavy atom. The van der Waals surface area contributed by atoms with Crippen molar-refractivity contribution in [3.63, 3.8) is 0 Å². The number of carboxylic acids is 1. The Morgan fingerprint density at radius 2 is 2.25 bits per heavy atom. The fourth-order valence-electron chi connectivity index (χ4n) is 0.538. The van der Waals surface area contributed by atoms with Crippen LogP contribution < -0.4 is 5.73 Å². The zero-order chi connectivity index (χ0) is 9.78. The van der Waals surface area contributed by atoms with Gasteiger partial charge in [0.05, 0.1) is 0 Å². The Morgan fingerprint density at radius 3 is 2.58 bits per heavy atom. The van der Waals surface area contributed by atoms with Crippen molar-refractivity contribution < 1.29 is 24.4 Å². The molecule has 0 aromatic rings. The molecule has 2 unspecified atom stereocenters. The molecule has 0 heterocycles. The summed E-state index contributed by atoms with van der Waals surface area (Å²) in [4.78, 5) is 10.2. The first-order chi connectivity index (χ1) is 5.39. The van der Waals surface area contributed by atoms with Crippen molar-refractivity contribution in [1.82, 2.24) is 0 Å². The van der Waals surface area contributed by atoms with Gasteiger partial charge in [0.25, 0.3) is 0 Å². The van der Waals surface area contributed by atoms with E-state index in [0.717, 1.165) is 0 Å². The summed E-state index contributed by atoms with van der Waals surface area (Å²) >= 11 is 0. The standard InChI is InChI=1S/C5H12NO5P/c1-12(10,11-9)3-2-4(6)5(7)8/h4,9H,2-3,6H2,1H3,(H,7,8). The molecule has 0 saturated heterocycles. The van der Waals surface area contributed by atoms with Crippen LogP contribution in [0.25, 0.3) is 0 Å². The zero-order valence-electron chi connectivity index (χ0n) is 6.64. The molecule has 6 nitrogen and oxygen atoms in total. The van der Waals surface area contributed by atoms with Crippen LogP contribution in [0.4, 0.5) is 0 Å². The van der Waals surface area contributed by atoms with Crippen LogP contribution in [0.5, 0.6) is 0 Å². The molecular weight excluding hydrogens is 185 g/mol. The minimum Gasteiger partial charge on any atom is -0.480 e. The van der Waals surface area contributed by atoms with Crippen molar-refractivity contribution in [2.45, 2.75) is 12.5 Å². The van der Waals surface area contributed by atoms with E-state index in [9.17, 15) is 9.36 Å². The van der Waals surface area contributed by atoms with Crippen LogP contribution in [0.3, 0.4) is 0 Å². The van der Waals surface area contributed by atoms with Crippen LogP contribution in [-0.4, -0.2) is 35.2 Å². The van der Waals surface area contributed by atoms with Gasteiger partial charge < -0.3 is 10.8 Å². The smallest absolute Gasteiger partial charge is 0.320 e. The molecule has 0 aromatic carbocycles. The van der Waals surface area contributed by atoms with E-state index >= 15 is 0 Å². The lowest BCUT2D eigenvalue weighted by Gasteiger charge is -2.09. The molecule has 0 rings (SSSR count). The third-order valence-corrected chi connectivity index (χ3v) is 2.75. The normalized spacial score (nSPS) is 18.2. The molecule has 0 aliphatic rings. The lowest BCUT2D eigenvalue weighted by molar-refractivity contribution is -0.139. The van der Waals surface area contributed by atoms with E-state index in [2.05, 4.69) is 4.67 Å². The summed E-state index contributed by atoms with van der Waals surface area (Å²) in [6, 6.07) is -1.06. The van der Waals surface area contributed by atoms with Gasteiger partial charge in [-0.05, 0) is 6.42 Å². The van der Waals surface area contributed by atoms with Gasteiger partial charge in [0.2, 0.25) is 7.37 Å². The molecule has 0 amide bonds. The minimum absolute atomic E-state index is 0.0175. The first-order valence-corrected chi connectivity index (χ1v) is 5.53. The second-order valence-electron chi connectivity index (χ2n) is 2.55. The SMILES string of the molecule is CP(=O)(CCC(N)C(=O)O)OO. The molecule has 0 fully saturated rings. The number of nitrogens with two attached hydrogens (primary N) is 1. The first kappa shape index (κ1) is 11.6.